The van der Waals surface area contributed by atoms with E-state index in [9.17, 15) is 4.79 Å². The van der Waals surface area contributed by atoms with Crippen molar-refractivity contribution in [3.05, 3.63) is 40.9 Å². The second kappa shape index (κ2) is 6.77. The molecule has 3 rings (SSSR count). The topological polar surface area (TPSA) is 64.4 Å². The van der Waals surface area contributed by atoms with Crippen molar-refractivity contribution in [2.45, 2.75) is 6.92 Å². The zero-order valence-electron chi connectivity index (χ0n) is 13.0. The summed E-state index contributed by atoms with van der Waals surface area (Å²) in [6, 6.07) is 10.9. The highest BCUT2D eigenvalue weighted by Crippen LogP contribution is 2.32. The van der Waals surface area contributed by atoms with Gasteiger partial charge in [-0.3, -0.25) is 4.79 Å². The van der Waals surface area contributed by atoms with Crippen LogP contribution in [-0.4, -0.2) is 18.0 Å². The van der Waals surface area contributed by atoms with Gasteiger partial charge in [0.2, 0.25) is 5.89 Å². The van der Waals surface area contributed by atoms with Crippen molar-refractivity contribution < 1.29 is 13.9 Å². The third-order valence-corrected chi connectivity index (χ3v) is 3.78. The molecule has 0 aliphatic carbocycles. The Morgan fingerprint density at radius 1 is 1.29 bits per heavy atom. The summed E-state index contributed by atoms with van der Waals surface area (Å²) in [4.78, 5) is 16.2. The minimum absolute atomic E-state index is 0.408. The summed E-state index contributed by atoms with van der Waals surface area (Å²) in [5.41, 5.74) is 2.66. The van der Waals surface area contributed by atoms with E-state index in [1.165, 1.54) is 7.11 Å². The third kappa shape index (κ3) is 3.26. The van der Waals surface area contributed by atoms with Crippen LogP contribution in [0.4, 0.5) is 5.69 Å². The highest BCUT2D eigenvalue weighted by Gasteiger charge is 2.13. The van der Waals surface area contributed by atoms with Crippen LogP contribution in [-0.2, 0) is 4.79 Å². The van der Waals surface area contributed by atoms with E-state index in [-0.39, 0.29) is 0 Å². The molecule has 5 nitrogen and oxygen atoms in total. The van der Waals surface area contributed by atoms with Crippen LogP contribution in [0.25, 0.3) is 22.6 Å². The summed E-state index contributed by atoms with van der Waals surface area (Å²) in [5, 5.41) is 2.70. The molecule has 0 unspecified atom stereocenters. The Bertz CT molecular complexity index is 983. The number of fused-ring (bicyclic) bond motifs is 1. The number of nitrogens with one attached hydrogen (secondary N) is 1. The average Bonchev–Trinajstić information content (AvgIpc) is 2.98. The molecule has 6 heteroatoms. The summed E-state index contributed by atoms with van der Waals surface area (Å²) in [6.07, 6.45) is 0. The molecular formula is C18H13BrN2O3. The first-order valence-corrected chi connectivity index (χ1v) is 7.88. The molecule has 2 aromatic carbocycles. The quantitative estimate of drug-likeness (QED) is 0.686. The van der Waals surface area contributed by atoms with E-state index in [0.29, 0.717) is 22.9 Å². The molecule has 0 saturated heterocycles. The molecule has 0 fully saturated rings. The number of hydrogen-bond acceptors (Lipinski definition) is 4. The number of methoxy groups -OCH3 is 1. The summed E-state index contributed by atoms with van der Waals surface area (Å²) in [5.74, 6) is 5.57. The number of hydrogen-bond donors (Lipinski definition) is 1. The van der Waals surface area contributed by atoms with Gasteiger partial charge in [0.15, 0.2) is 5.58 Å². The number of aromatic nitrogens is 1. The minimum atomic E-state index is -0.408. The van der Waals surface area contributed by atoms with Gasteiger partial charge in [-0.15, -0.1) is 0 Å². The molecule has 24 heavy (non-hydrogen) atoms. The fourth-order valence-electron chi connectivity index (χ4n) is 2.23. The van der Waals surface area contributed by atoms with Gasteiger partial charge in [0.05, 0.1) is 12.8 Å². The lowest BCUT2D eigenvalue weighted by Gasteiger charge is -2.09. The van der Waals surface area contributed by atoms with Gasteiger partial charge in [-0.25, -0.2) is 4.98 Å². The summed E-state index contributed by atoms with van der Waals surface area (Å²) in [6.45, 7) is 1.60. The maximum atomic E-state index is 11.7. The molecule has 0 saturated carbocycles. The zero-order chi connectivity index (χ0) is 17.1. The molecule has 120 valence electrons. The van der Waals surface area contributed by atoms with Crippen molar-refractivity contribution >= 4 is 38.6 Å². The van der Waals surface area contributed by atoms with E-state index in [1.807, 2.05) is 24.3 Å². The molecule has 0 radical (unpaired) electrons. The molecule has 1 amide bonds. The maximum Gasteiger partial charge on any atom is 0.300 e. The number of carbonyl (C=O) groups is 1. The summed E-state index contributed by atoms with van der Waals surface area (Å²) in [7, 11) is 1.53. The molecular weight excluding hydrogens is 372 g/mol. The maximum absolute atomic E-state index is 11.7. The fraction of sp³-hybridized carbons (Fsp3) is 0.111. The molecule has 0 aliphatic heterocycles. The van der Waals surface area contributed by atoms with Crippen molar-refractivity contribution in [1.82, 2.24) is 4.98 Å². The predicted molar refractivity (Wildman–Crippen MR) is 95.8 cm³/mol. The summed E-state index contributed by atoms with van der Waals surface area (Å²) < 4.78 is 12.0. The normalized spacial score (nSPS) is 10.1. The Balaban J connectivity index is 2.02. The number of benzene rings is 2. The van der Waals surface area contributed by atoms with E-state index < -0.39 is 5.91 Å². The minimum Gasteiger partial charge on any atom is -0.495 e. The number of oxazole rings is 1. The van der Waals surface area contributed by atoms with E-state index in [0.717, 1.165) is 15.6 Å². The van der Waals surface area contributed by atoms with Gasteiger partial charge in [0, 0.05) is 10.0 Å². The Kier molecular flexibility index (Phi) is 4.54. The predicted octanol–water partition coefficient (Wildman–Crippen LogP) is 4.23. The first kappa shape index (κ1) is 16.1. The van der Waals surface area contributed by atoms with Gasteiger partial charge in [-0.2, -0.15) is 0 Å². The lowest BCUT2D eigenvalue weighted by atomic mass is 10.2. The molecule has 1 aromatic heterocycles. The number of ether oxygens (including phenoxy) is 1. The average molecular weight is 385 g/mol. The van der Waals surface area contributed by atoms with Crippen molar-refractivity contribution in [3.8, 4) is 29.0 Å². The fourth-order valence-corrected chi connectivity index (χ4v) is 2.58. The van der Waals surface area contributed by atoms with E-state index in [2.05, 4.69) is 38.1 Å². The number of carbonyl (C=O) groups excluding carboxylic acids is 1. The number of nitrogens with zero attached hydrogens (tertiary/aromatic N) is 1. The Morgan fingerprint density at radius 2 is 2.12 bits per heavy atom. The monoisotopic (exact) mass is 384 g/mol. The van der Waals surface area contributed by atoms with Crippen LogP contribution in [0.1, 0.15) is 6.92 Å². The Hall–Kier alpha value is -2.78. The largest absolute Gasteiger partial charge is 0.495 e. The third-order valence-electron chi connectivity index (χ3n) is 3.28. The van der Waals surface area contributed by atoms with Crippen LogP contribution in [0, 0.1) is 11.8 Å². The standard InChI is InChI=1S/C18H13BrN2O3/c1-3-4-17(22)20-13-9-11(5-7-15(13)23-2)18-21-14-10-12(19)6-8-16(14)24-18/h5-10H,1-2H3,(H,20,22). The van der Waals surface area contributed by atoms with Gasteiger partial charge >= 0.3 is 0 Å². The second-order valence-corrected chi connectivity index (χ2v) is 5.79. The smallest absolute Gasteiger partial charge is 0.300 e. The van der Waals surface area contributed by atoms with E-state index >= 15 is 0 Å². The van der Waals surface area contributed by atoms with Crippen molar-refractivity contribution in [2.75, 3.05) is 12.4 Å². The number of anilines is 1. The van der Waals surface area contributed by atoms with E-state index in [1.54, 1.807) is 19.1 Å². The Labute approximate surface area is 147 Å². The number of amides is 1. The van der Waals surface area contributed by atoms with Gasteiger partial charge < -0.3 is 14.5 Å². The summed E-state index contributed by atoms with van der Waals surface area (Å²) >= 11 is 3.41. The van der Waals surface area contributed by atoms with E-state index in [4.69, 9.17) is 9.15 Å². The molecule has 1 N–H and O–H groups in total. The van der Waals surface area contributed by atoms with Gasteiger partial charge in [-0.05, 0) is 49.2 Å². The van der Waals surface area contributed by atoms with Crippen molar-refractivity contribution in [3.63, 3.8) is 0 Å². The van der Waals surface area contributed by atoms with Gasteiger partial charge in [-0.1, -0.05) is 21.9 Å². The molecule has 0 spiro atoms. The van der Waals surface area contributed by atoms with Crippen molar-refractivity contribution in [2.24, 2.45) is 0 Å². The SMILES string of the molecule is CC#CC(=O)Nc1cc(-c2nc3cc(Br)ccc3o2)ccc1OC. The molecule has 0 bridgehead atoms. The molecule has 0 atom stereocenters. The van der Waals surface area contributed by atoms with Crippen LogP contribution in [0.3, 0.4) is 0 Å². The van der Waals surface area contributed by atoms with Crippen LogP contribution < -0.4 is 10.1 Å². The number of rotatable bonds is 3. The first-order valence-electron chi connectivity index (χ1n) is 7.09. The van der Waals surface area contributed by atoms with Gasteiger partial charge in [0.25, 0.3) is 5.91 Å². The lowest BCUT2D eigenvalue weighted by molar-refractivity contribution is -0.111. The van der Waals surface area contributed by atoms with Crippen LogP contribution in [0.5, 0.6) is 5.75 Å². The van der Waals surface area contributed by atoms with Crippen LogP contribution in [0.2, 0.25) is 0 Å². The van der Waals surface area contributed by atoms with Crippen LogP contribution >= 0.6 is 15.9 Å². The molecule has 1 heterocycles. The Morgan fingerprint density at radius 3 is 2.88 bits per heavy atom. The second-order valence-electron chi connectivity index (χ2n) is 4.88. The highest BCUT2D eigenvalue weighted by molar-refractivity contribution is 9.10. The van der Waals surface area contributed by atoms with Crippen molar-refractivity contribution in [1.29, 1.82) is 0 Å². The number of halogens is 1. The highest BCUT2D eigenvalue weighted by atomic mass is 79.9. The zero-order valence-corrected chi connectivity index (χ0v) is 14.6. The van der Waals surface area contributed by atoms with Crippen LogP contribution in [0.15, 0.2) is 45.3 Å². The first-order chi connectivity index (χ1) is 11.6. The van der Waals surface area contributed by atoms with Gasteiger partial charge in [0.1, 0.15) is 11.3 Å². The molecule has 3 aromatic rings. The molecule has 0 aliphatic rings. The lowest BCUT2D eigenvalue weighted by Crippen LogP contribution is -2.09.